The van der Waals surface area contributed by atoms with Crippen LogP contribution in [0.1, 0.15) is 19.4 Å². The zero-order chi connectivity index (χ0) is 16.0. The number of hydrogen-bond acceptors (Lipinski definition) is 6. The van der Waals surface area contributed by atoms with Crippen LogP contribution in [0.25, 0.3) is 0 Å². The fourth-order valence-electron chi connectivity index (χ4n) is 1.93. The van der Waals surface area contributed by atoms with E-state index in [0.29, 0.717) is 25.6 Å². The van der Waals surface area contributed by atoms with E-state index in [9.17, 15) is 4.39 Å². The first-order valence-corrected chi connectivity index (χ1v) is 7.85. The molecule has 0 aliphatic carbocycles. The number of nitrogens with one attached hydrogen (secondary N) is 2. The van der Waals surface area contributed by atoms with E-state index >= 15 is 0 Å². The first-order valence-electron chi connectivity index (χ1n) is 7.08. The molecule has 1 heterocycles. The summed E-state index contributed by atoms with van der Waals surface area (Å²) in [4.78, 5) is 4.36. The van der Waals surface area contributed by atoms with Crippen molar-refractivity contribution in [3.8, 4) is 0 Å². The Balaban J connectivity index is 1.90. The molecule has 0 atom stereocenters. The van der Waals surface area contributed by atoms with Crippen LogP contribution in [0, 0.1) is 5.82 Å². The van der Waals surface area contributed by atoms with Crippen LogP contribution in [0.2, 0.25) is 0 Å². The third-order valence-corrected chi connectivity index (χ3v) is 4.00. The van der Waals surface area contributed by atoms with Crippen LogP contribution in [0.4, 0.5) is 15.5 Å². The Morgan fingerprint density at radius 2 is 1.95 bits per heavy atom. The highest BCUT2D eigenvalue weighted by molar-refractivity contribution is 7.09. The van der Waals surface area contributed by atoms with Crippen molar-refractivity contribution >= 4 is 22.6 Å². The molecule has 22 heavy (non-hydrogen) atoms. The molecule has 2 rings (SSSR count). The van der Waals surface area contributed by atoms with Gasteiger partial charge in [-0.25, -0.2) is 4.39 Å². The van der Waals surface area contributed by atoms with Gasteiger partial charge in [0, 0.05) is 37.1 Å². The van der Waals surface area contributed by atoms with Gasteiger partial charge in [-0.05, 0) is 17.7 Å². The third-order valence-electron chi connectivity index (χ3n) is 3.32. The second kappa shape index (κ2) is 7.51. The molecule has 1 aromatic heterocycles. The summed E-state index contributed by atoms with van der Waals surface area (Å²) >= 11 is 1.31. The van der Waals surface area contributed by atoms with Crippen LogP contribution >= 0.6 is 11.5 Å². The van der Waals surface area contributed by atoms with Crippen LogP contribution < -0.4 is 10.6 Å². The van der Waals surface area contributed by atoms with Gasteiger partial charge in [-0.2, -0.15) is 9.36 Å². The fraction of sp³-hybridized carbons (Fsp3) is 0.467. The molecule has 0 bridgehead atoms. The Hall–Kier alpha value is -1.73. The number of nitrogens with zero attached hydrogens (tertiary/aromatic N) is 2. The molecule has 0 saturated heterocycles. The molecule has 7 heteroatoms. The van der Waals surface area contributed by atoms with Gasteiger partial charge in [0.05, 0.1) is 6.61 Å². The molecular formula is C15H21FN4OS. The minimum Gasteiger partial charge on any atom is -0.383 e. The van der Waals surface area contributed by atoms with Crippen molar-refractivity contribution < 1.29 is 9.13 Å². The van der Waals surface area contributed by atoms with E-state index < -0.39 is 0 Å². The summed E-state index contributed by atoms with van der Waals surface area (Å²) in [5.41, 5.74) is 0.938. The van der Waals surface area contributed by atoms with E-state index in [-0.39, 0.29) is 11.2 Å². The SMILES string of the molecule is COCCNc1nsc(NCC(C)(C)c2ccc(F)cc2)n1. The number of benzene rings is 1. The van der Waals surface area contributed by atoms with Crippen molar-refractivity contribution in [3.05, 3.63) is 35.6 Å². The minimum atomic E-state index is -0.219. The Morgan fingerprint density at radius 3 is 2.64 bits per heavy atom. The first-order chi connectivity index (χ1) is 10.5. The second-order valence-corrected chi connectivity index (χ2v) is 6.34. The molecule has 0 aliphatic heterocycles. The lowest BCUT2D eigenvalue weighted by Crippen LogP contribution is -2.27. The zero-order valence-electron chi connectivity index (χ0n) is 13.0. The number of methoxy groups -OCH3 is 1. The van der Waals surface area contributed by atoms with Gasteiger partial charge in [0.15, 0.2) is 0 Å². The quantitative estimate of drug-likeness (QED) is 0.731. The van der Waals surface area contributed by atoms with Crippen LogP contribution in [0.3, 0.4) is 0 Å². The van der Waals surface area contributed by atoms with E-state index in [2.05, 4.69) is 33.8 Å². The predicted octanol–water partition coefficient (Wildman–Crippen LogP) is 3.13. The van der Waals surface area contributed by atoms with Crippen molar-refractivity contribution in [2.24, 2.45) is 0 Å². The smallest absolute Gasteiger partial charge is 0.236 e. The molecule has 0 aliphatic rings. The molecule has 0 unspecified atom stereocenters. The van der Waals surface area contributed by atoms with Crippen molar-refractivity contribution in [2.45, 2.75) is 19.3 Å². The molecule has 0 radical (unpaired) electrons. The summed E-state index contributed by atoms with van der Waals surface area (Å²) in [6.45, 7) is 6.18. The molecule has 1 aromatic carbocycles. The van der Waals surface area contributed by atoms with Crippen LogP contribution in [0.15, 0.2) is 24.3 Å². The summed E-state index contributed by atoms with van der Waals surface area (Å²) in [6, 6.07) is 6.60. The number of rotatable bonds is 8. The van der Waals surface area contributed by atoms with E-state index in [1.54, 1.807) is 7.11 Å². The number of hydrogen-bond donors (Lipinski definition) is 2. The maximum Gasteiger partial charge on any atom is 0.236 e. The maximum absolute atomic E-state index is 13.0. The minimum absolute atomic E-state index is 0.136. The van der Waals surface area contributed by atoms with Gasteiger partial charge < -0.3 is 15.4 Å². The zero-order valence-corrected chi connectivity index (χ0v) is 13.8. The lowest BCUT2D eigenvalue weighted by atomic mass is 9.85. The highest BCUT2D eigenvalue weighted by atomic mass is 32.1. The topological polar surface area (TPSA) is 59.1 Å². The van der Waals surface area contributed by atoms with Crippen LogP contribution in [-0.4, -0.2) is 36.2 Å². The van der Waals surface area contributed by atoms with E-state index in [1.165, 1.54) is 23.7 Å². The van der Waals surface area contributed by atoms with E-state index in [4.69, 9.17) is 4.74 Å². The standard InChI is InChI=1S/C15H21FN4OS/c1-15(2,11-4-6-12(16)7-5-11)10-18-14-19-13(20-22-14)17-8-9-21-3/h4-7H,8-10H2,1-3H3,(H2,17,18,19,20). The number of aromatic nitrogens is 2. The average molecular weight is 324 g/mol. The lowest BCUT2D eigenvalue weighted by molar-refractivity contribution is 0.210. The number of ether oxygens (including phenoxy) is 1. The van der Waals surface area contributed by atoms with Gasteiger partial charge in [0.2, 0.25) is 11.1 Å². The normalized spacial score (nSPS) is 11.5. The van der Waals surface area contributed by atoms with Gasteiger partial charge in [-0.15, -0.1) is 0 Å². The highest BCUT2D eigenvalue weighted by Crippen LogP contribution is 2.25. The van der Waals surface area contributed by atoms with Crippen molar-refractivity contribution in [1.29, 1.82) is 0 Å². The van der Waals surface area contributed by atoms with E-state index in [1.807, 2.05) is 12.1 Å². The van der Waals surface area contributed by atoms with Gasteiger partial charge in [0.1, 0.15) is 5.82 Å². The van der Waals surface area contributed by atoms with E-state index in [0.717, 1.165) is 10.7 Å². The summed E-state index contributed by atoms with van der Waals surface area (Å²) in [5.74, 6) is 0.382. The van der Waals surface area contributed by atoms with Crippen molar-refractivity contribution in [2.75, 3.05) is 37.4 Å². The highest BCUT2D eigenvalue weighted by Gasteiger charge is 2.21. The first kappa shape index (κ1) is 16.6. The van der Waals surface area contributed by atoms with Gasteiger partial charge in [0.25, 0.3) is 0 Å². The van der Waals surface area contributed by atoms with Crippen LogP contribution in [-0.2, 0) is 10.2 Å². The van der Waals surface area contributed by atoms with Gasteiger partial charge >= 0.3 is 0 Å². The lowest BCUT2D eigenvalue weighted by Gasteiger charge is -2.25. The average Bonchev–Trinajstić information content (AvgIpc) is 2.94. The van der Waals surface area contributed by atoms with Gasteiger partial charge in [-0.3, -0.25) is 0 Å². The molecular weight excluding hydrogens is 303 g/mol. The largest absolute Gasteiger partial charge is 0.383 e. The molecule has 0 fully saturated rings. The number of halogens is 1. The number of anilines is 2. The van der Waals surface area contributed by atoms with Crippen molar-refractivity contribution in [1.82, 2.24) is 9.36 Å². The Morgan fingerprint density at radius 1 is 1.23 bits per heavy atom. The monoisotopic (exact) mass is 324 g/mol. The predicted molar refractivity (Wildman–Crippen MR) is 88.2 cm³/mol. The third kappa shape index (κ3) is 4.64. The molecule has 2 aromatic rings. The van der Waals surface area contributed by atoms with Crippen molar-refractivity contribution in [3.63, 3.8) is 0 Å². The molecule has 0 saturated carbocycles. The van der Waals surface area contributed by atoms with Crippen LogP contribution in [0.5, 0.6) is 0 Å². The molecule has 5 nitrogen and oxygen atoms in total. The summed E-state index contributed by atoms with van der Waals surface area (Å²) in [6.07, 6.45) is 0. The Labute approximate surface area is 134 Å². The molecule has 2 N–H and O–H groups in total. The summed E-state index contributed by atoms with van der Waals surface area (Å²) < 4.78 is 22.2. The fourth-order valence-corrected chi connectivity index (χ4v) is 2.47. The second-order valence-electron chi connectivity index (χ2n) is 5.59. The van der Waals surface area contributed by atoms with Gasteiger partial charge in [-0.1, -0.05) is 26.0 Å². The summed E-state index contributed by atoms with van der Waals surface area (Å²) in [5, 5.41) is 7.13. The maximum atomic E-state index is 13.0. The molecule has 0 spiro atoms. The Bertz CT molecular complexity index is 585. The Kier molecular flexibility index (Phi) is 5.68. The summed E-state index contributed by atoms with van der Waals surface area (Å²) in [7, 11) is 1.65. The molecule has 120 valence electrons. The molecule has 0 amide bonds.